The highest BCUT2D eigenvalue weighted by Crippen LogP contribution is 2.23. The van der Waals surface area contributed by atoms with Gasteiger partial charge in [-0.1, -0.05) is 42.0 Å². The first-order chi connectivity index (χ1) is 10.9. The van der Waals surface area contributed by atoms with Crippen molar-refractivity contribution in [2.75, 3.05) is 10.8 Å². The molecule has 2 aromatic rings. The van der Waals surface area contributed by atoms with Crippen molar-refractivity contribution in [1.29, 1.82) is 5.26 Å². The van der Waals surface area contributed by atoms with Crippen LogP contribution < -0.4 is 4.31 Å². The zero-order chi connectivity index (χ0) is 16.9. The second-order valence-electron chi connectivity index (χ2n) is 5.18. The van der Waals surface area contributed by atoms with Crippen LogP contribution in [0.4, 0.5) is 5.69 Å². The van der Waals surface area contributed by atoms with Gasteiger partial charge < -0.3 is 0 Å². The predicted octanol–water partition coefficient (Wildman–Crippen LogP) is 3.66. The van der Waals surface area contributed by atoms with E-state index in [4.69, 9.17) is 5.26 Å². The smallest absolute Gasteiger partial charge is 0.262 e. The van der Waals surface area contributed by atoms with Crippen LogP contribution in [0.1, 0.15) is 12.5 Å². The number of para-hydroxylation sites is 1. The average molecular weight is 326 g/mol. The van der Waals surface area contributed by atoms with E-state index in [2.05, 4.69) is 0 Å². The zero-order valence-corrected chi connectivity index (χ0v) is 13.9. The predicted molar refractivity (Wildman–Crippen MR) is 91.5 cm³/mol. The molecule has 0 aliphatic carbocycles. The van der Waals surface area contributed by atoms with Crippen LogP contribution in [0.5, 0.6) is 0 Å². The SMILES string of the molecule is C/C(C#N)=C\CN(c1ccccc1)S(=O)(=O)c1ccc(C)cc1. The fourth-order valence-electron chi connectivity index (χ4n) is 2.04. The third-order valence-corrected chi connectivity index (χ3v) is 5.20. The molecule has 0 amide bonds. The van der Waals surface area contributed by atoms with Gasteiger partial charge in [0.2, 0.25) is 0 Å². The van der Waals surface area contributed by atoms with Crippen molar-refractivity contribution >= 4 is 15.7 Å². The van der Waals surface area contributed by atoms with Crippen LogP contribution in [-0.4, -0.2) is 15.0 Å². The Balaban J connectivity index is 2.48. The van der Waals surface area contributed by atoms with E-state index < -0.39 is 10.0 Å². The highest BCUT2D eigenvalue weighted by atomic mass is 32.2. The third-order valence-electron chi connectivity index (χ3n) is 3.39. The Morgan fingerprint density at radius 2 is 1.74 bits per heavy atom. The van der Waals surface area contributed by atoms with E-state index in [1.165, 1.54) is 4.31 Å². The van der Waals surface area contributed by atoms with Gasteiger partial charge in [0.05, 0.1) is 23.2 Å². The fourth-order valence-corrected chi connectivity index (χ4v) is 3.44. The van der Waals surface area contributed by atoms with Gasteiger partial charge in [-0.25, -0.2) is 8.42 Å². The summed E-state index contributed by atoms with van der Waals surface area (Å²) >= 11 is 0. The summed E-state index contributed by atoms with van der Waals surface area (Å²) in [6.45, 7) is 3.67. The van der Waals surface area contributed by atoms with Gasteiger partial charge in [0.15, 0.2) is 0 Å². The molecule has 0 unspecified atom stereocenters. The van der Waals surface area contributed by atoms with Gasteiger partial charge in [-0.3, -0.25) is 4.31 Å². The number of anilines is 1. The number of nitrogens with zero attached hydrogens (tertiary/aromatic N) is 2. The minimum Gasteiger partial charge on any atom is -0.262 e. The van der Waals surface area contributed by atoms with Gasteiger partial charge in [0, 0.05) is 5.57 Å². The summed E-state index contributed by atoms with van der Waals surface area (Å²) in [5, 5.41) is 8.88. The topological polar surface area (TPSA) is 61.2 Å². The van der Waals surface area contributed by atoms with Crippen molar-refractivity contribution in [2.45, 2.75) is 18.7 Å². The molecule has 118 valence electrons. The Morgan fingerprint density at radius 1 is 1.13 bits per heavy atom. The van der Waals surface area contributed by atoms with E-state index in [1.807, 2.05) is 19.1 Å². The summed E-state index contributed by atoms with van der Waals surface area (Å²) in [4.78, 5) is 0.231. The number of hydrogen-bond acceptors (Lipinski definition) is 3. The first-order valence-electron chi connectivity index (χ1n) is 7.16. The lowest BCUT2D eigenvalue weighted by molar-refractivity contribution is 0.593. The molecule has 0 fully saturated rings. The molecule has 23 heavy (non-hydrogen) atoms. The minimum absolute atomic E-state index is 0.111. The van der Waals surface area contributed by atoms with E-state index in [0.717, 1.165) is 5.56 Å². The van der Waals surface area contributed by atoms with Crippen molar-refractivity contribution < 1.29 is 8.42 Å². The number of aryl methyl sites for hydroxylation is 1. The largest absolute Gasteiger partial charge is 0.264 e. The van der Waals surface area contributed by atoms with Crippen LogP contribution in [0.2, 0.25) is 0 Å². The van der Waals surface area contributed by atoms with Crippen LogP contribution in [0.3, 0.4) is 0 Å². The van der Waals surface area contributed by atoms with Gasteiger partial charge >= 0.3 is 0 Å². The lowest BCUT2D eigenvalue weighted by atomic mass is 10.2. The van der Waals surface area contributed by atoms with Gasteiger partial charge in [0.25, 0.3) is 10.0 Å². The minimum atomic E-state index is -3.70. The Kier molecular flexibility index (Phi) is 5.20. The van der Waals surface area contributed by atoms with Crippen LogP contribution >= 0.6 is 0 Å². The molecule has 0 radical (unpaired) electrons. The summed E-state index contributed by atoms with van der Waals surface area (Å²) in [7, 11) is -3.70. The van der Waals surface area contributed by atoms with Crippen molar-refractivity contribution in [1.82, 2.24) is 0 Å². The molecule has 5 heteroatoms. The van der Waals surface area contributed by atoms with E-state index in [1.54, 1.807) is 61.5 Å². The molecule has 0 N–H and O–H groups in total. The molecule has 0 atom stereocenters. The van der Waals surface area contributed by atoms with Gasteiger partial charge in [-0.2, -0.15) is 5.26 Å². The standard InChI is InChI=1S/C18H18N2O2S/c1-15-8-10-18(11-9-15)23(21,22)20(13-12-16(2)14-19)17-6-4-3-5-7-17/h3-12H,13H2,1-2H3/b16-12+. The van der Waals surface area contributed by atoms with Crippen LogP contribution in [0, 0.1) is 18.3 Å². The number of rotatable bonds is 5. The summed E-state index contributed by atoms with van der Waals surface area (Å²) in [6.07, 6.45) is 1.61. The van der Waals surface area contributed by atoms with Gasteiger partial charge in [-0.05, 0) is 38.1 Å². The summed E-state index contributed by atoms with van der Waals surface area (Å²) in [5.74, 6) is 0. The molecule has 0 spiro atoms. The molecule has 0 aliphatic heterocycles. The normalized spacial score (nSPS) is 11.8. The van der Waals surface area contributed by atoms with Crippen molar-refractivity contribution in [3.8, 4) is 6.07 Å². The molecule has 4 nitrogen and oxygen atoms in total. The Hall–Kier alpha value is -2.58. The van der Waals surface area contributed by atoms with E-state index >= 15 is 0 Å². The second kappa shape index (κ2) is 7.12. The lowest BCUT2D eigenvalue weighted by Gasteiger charge is -2.23. The quantitative estimate of drug-likeness (QED) is 0.788. The Bertz CT molecular complexity index is 833. The number of allylic oxidation sites excluding steroid dienone is 1. The monoisotopic (exact) mass is 326 g/mol. The fraction of sp³-hybridized carbons (Fsp3) is 0.167. The first-order valence-corrected chi connectivity index (χ1v) is 8.60. The molecular formula is C18H18N2O2S. The maximum atomic E-state index is 13.0. The van der Waals surface area contributed by atoms with E-state index in [-0.39, 0.29) is 11.4 Å². The van der Waals surface area contributed by atoms with Gasteiger partial charge in [-0.15, -0.1) is 0 Å². The summed E-state index contributed by atoms with van der Waals surface area (Å²) in [5.41, 5.74) is 2.04. The number of benzene rings is 2. The highest BCUT2D eigenvalue weighted by molar-refractivity contribution is 7.92. The number of sulfonamides is 1. The second-order valence-corrected chi connectivity index (χ2v) is 7.05. The molecular weight excluding hydrogens is 308 g/mol. The van der Waals surface area contributed by atoms with E-state index in [9.17, 15) is 8.42 Å². The molecule has 0 saturated carbocycles. The molecule has 0 bridgehead atoms. The molecule has 0 heterocycles. The molecule has 0 saturated heterocycles. The maximum absolute atomic E-state index is 13.0. The summed E-state index contributed by atoms with van der Waals surface area (Å²) in [6, 6.07) is 17.6. The molecule has 2 rings (SSSR count). The van der Waals surface area contributed by atoms with Crippen LogP contribution in [-0.2, 0) is 10.0 Å². The Labute approximate surface area is 137 Å². The molecule has 0 aromatic heterocycles. The van der Waals surface area contributed by atoms with Crippen molar-refractivity contribution in [3.05, 3.63) is 71.8 Å². The first kappa shape index (κ1) is 16.8. The third kappa shape index (κ3) is 3.99. The zero-order valence-electron chi connectivity index (χ0n) is 13.1. The summed E-state index contributed by atoms with van der Waals surface area (Å²) < 4.78 is 27.2. The number of nitriles is 1. The van der Waals surface area contributed by atoms with Crippen LogP contribution in [0.15, 0.2) is 71.1 Å². The number of hydrogen-bond donors (Lipinski definition) is 0. The molecule has 2 aromatic carbocycles. The van der Waals surface area contributed by atoms with Crippen molar-refractivity contribution in [2.24, 2.45) is 0 Å². The van der Waals surface area contributed by atoms with Crippen LogP contribution in [0.25, 0.3) is 0 Å². The van der Waals surface area contributed by atoms with Gasteiger partial charge in [0.1, 0.15) is 0 Å². The van der Waals surface area contributed by atoms with E-state index in [0.29, 0.717) is 11.3 Å². The Morgan fingerprint density at radius 3 is 2.30 bits per heavy atom. The van der Waals surface area contributed by atoms with Crippen molar-refractivity contribution in [3.63, 3.8) is 0 Å². The lowest BCUT2D eigenvalue weighted by Crippen LogP contribution is -2.31. The maximum Gasteiger partial charge on any atom is 0.264 e. The average Bonchev–Trinajstić information content (AvgIpc) is 2.56. The molecule has 0 aliphatic rings. The highest BCUT2D eigenvalue weighted by Gasteiger charge is 2.23.